The van der Waals surface area contributed by atoms with Gasteiger partial charge in [0.1, 0.15) is 0 Å². The Hall–Kier alpha value is -0.410. The lowest BCUT2D eigenvalue weighted by molar-refractivity contribution is 0.350. The second-order valence-electron chi connectivity index (χ2n) is 3.62. The third kappa shape index (κ3) is 1.27. The minimum Gasteiger partial charge on any atom is -0.328 e. The molecular formula is C9H14N2S. The maximum absolute atomic E-state index is 5.73. The number of rotatable bonds is 1. The molecule has 0 atom stereocenters. The van der Waals surface area contributed by atoms with Crippen molar-refractivity contribution in [2.45, 2.75) is 38.6 Å². The van der Waals surface area contributed by atoms with Gasteiger partial charge in [-0.2, -0.15) is 0 Å². The van der Waals surface area contributed by atoms with Crippen LogP contribution in [0, 0.1) is 13.8 Å². The van der Waals surface area contributed by atoms with Crippen molar-refractivity contribution in [3.63, 3.8) is 0 Å². The number of aryl methyl sites for hydroxylation is 2. The van der Waals surface area contributed by atoms with Gasteiger partial charge in [-0.1, -0.05) is 0 Å². The summed E-state index contributed by atoms with van der Waals surface area (Å²) in [5, 5.41) is 1.30. The summed E-state index contributed by atoms with van der Waals surface area (Å²) in [7, 11) is 0. The van der Waals surface area contributed by atoms with Crippen molar-refractivity contribution in [1.82, 2.24) is 4.98 Å². The van der Waals surface area contributed by atoms with Gasteiger partial charge in [0.15, 0.2) is 0 Å². The minimum absolute atomic E-state index is 0.430. The van der Waals surface area contributed by atoms with Crippen LogP contribution in [0.2, 0.25) is 0 Å². The Morgan fingerprint density at radius 2 is 2.08 bits per heavy atom. The highest BCUT2D eigenvalue weighted by molar-refractivity contribution is 7.11. The van der Waals surface area contributed by atoms with Crippen molar-refractivity contribution < 1.29 is 0 Å². The van der Waals surface area contributed by atoms with Crippen molar-refractivity contribution in [1.29, 1.82) is 0 Å². The fraction of sp³-hybridized carbons (Fsp3) is 0.667. The first-order chi connectivity index (χ1) is 5.66. The van der Waals surface area contributed by atoms with Gasteiger partial charge in [0.05, 0.1) is 10.7 Å². The molecule has 1 aromatic rings. The molecule has 0 unspecified atom stereocenters. The molecule has 0 bridgehead atoms. The Morgan fingerprint density at radius 3 is 2.50 bits per heavy atom. The van der Waals surface area contributed by atoms with Crippen molar-refractivity contribution >= 4 is 11.3 Å². The first kappa shape index (κ1) is 8.20. The van der Waals surface area contributed by atoms with E-state index in [0.717, 1.165) is 12.8 Å². The molecule has 1 fully saturated rings. The summed E-state index contributed by atoms with van der Waals surface area (Å²) < 4.78 is 0. The summed E-state index contributed by atoms with van der Waals surface area (Å²) in [5.41, 5.74) is 6.92. The second kappa shape index (κ2) is 2.82. The second-order valence-corrected chi connectivity index (χ2v) is 4.86. The van der Waals surface area contributed by atoms with Gasteiger partial charge in [0, 0.05) is 16.8 Å². The third-order valence-electron chi connectivity index (χ3n) is 2.57. The van der Waals surface area contributed by atoms with Gasteiger partial charge in [-0.05, 0) is 26.7 Å². The molecule has 1 heterocycles. The predicted molar refractivity (Wildman–Crippen MR) is 51.5 cm³/mol. The SMILES string of the molecule is Cc1nc(C2CC(N)C2)sc1C. The van der Waals surface area contributed by atoms with Crippen LogP contribution in [0.3, 0.4) is 0 Å². The molecule has 0 spiro atoms. The Morgan fingerprint density at radius 1 is 1.42 bits per heavy atom. The summed E-state index contributed by atoms with van der Waals surface area (Å²) in [6, 6.07) is 0.430. The van der Waals surface area contributed by atoms with Crippen molar-refractivity contribution in [3.8, 4) is 0 Å². The number of hydrogen-bond donors (Lipinski definition) is 1. The summed E-state index contributed by atoms with van der Waals surface area (Å²) in [4.78, 5) is 5.88. The zero-order valence-electron chi connectivity index (χ0n) is 7.50. The zero-order valence-corrected chi connectivity index (χ0v) is 8.32. The van der Waals surface area contributed by atoms with E-state index >= 15 is 0 Å². The van der Waals surface area contributed by atoms with Crippen LogP contribution in [0.25, 0.3) is 0 Å². The monoisotopic (exact) mass is 182 g/mol. The zero-order chi connectivity index (χ0) is 8.72. The summed E-state index contributed by atoms with van der Waals surface area (Å²) in [6.07, 6.45) is 2.26. The summed E-state index contributed by atoms with van der Waals surface area (Å²) in [5.74, 6) is 0.664. The Labute approximate surface area is 76.8 Å². The molecule has 0 saturated heterocycles. The predicted octanol–water partition coefficient (Wildman–Crippen LogP) is 1.96. The fourth-order valence-corrected chi connectivity index (χ4v) is 2.58. The standard InChI is InChI=1S/C9H14N2S/c1-5-6(2)12-9(11-5)7-3-8(10)4-7/h7-8H,3-4,10H2,1-2H3. The van der Waals surface area contributed by atoms with E-state index < -0.39 is 0 Å². The van der Waals surface area contributed by atoms with Crippen LogP contribution in [0.4, 0.5) is 0 Å². The lowest BCUT2D eigenvalue weighted by atomic mass is 9.81. The maximum atomic E-state index is 5.73. The highest BCUT2D eigenvalue weighted by Crippen LogP contribution is 2.38. The van der Waals surface area contributed by atoms with Crippen LogP contribution in [0.15, 0.2) is 0 Å². The number of nitrogens with zero attached hydrogens (tertiary/aromatic N) is 1. The van der Waals surface area contributed by atoms with Gasteiger partial charge < -0.3 is 5.73 Å². The van der Waals surface area contributed by atoms with Crippen molar-refractivity contribution in [2.24, 2.45) is 5.73 Å². The van der Waals surface area contributed by atoms with Crippen molar-refractivity contribution in [3.05, 3.63) is 15.6 Å². The molecule has 1 aliphatic rings. The fourth-order valence-electron chi connectivity index (χ4n) is 1.54. The maximum Gasteiger partial charge on any atom is 0.0962 e. The minimum atomic E-state index is 0.430. The quantitative estimate of drug-likeness (QED) is 0.721. The number of aromatic nitrogens is 1. The Kier molecular flexibility index (Phi) is 1.93. The molecule has 0 radical (unpaired) electrons. The van der Waals surface area contributed by atoms with Gasteiger partial charge in [0.2, 0.25) is 0 Å². The van der Waals surface area contributed by atoms with E-state index in [4.69, 9.17) is 5.73 Å². The van der Waals surface area contributed by atoms with Gasteiger partial charge in [-0.25, -0.2) is 4.98 Å². The van der Waals surface area contributed by atoms with Gasteiger partial charge in [-0.3, -0.25) is 0 Å². The highest BCUT2D eigenvalue weighted by atomic mass is 32.1. The normalized spacial score (nSPS) is 28.6. The molecule has 1 aliphatic carbocycles. The lowest BCUT2D eigenvalue weighted by Crippen LogP contribution is -2.34. The average Bonchev–Trinajstić information content (AvgIpc) is 2.26. The molecule has 2 N–H and O–H groups in total. The first-order valence-electron chi connectivity index (χ1n) is 4.36. The summed E-state index contributed by atoms with van der Waals surface area (Å²) in [6.45, 7) is 4.21. The van der Waals surface area contributed by atoms with Gasteiger partial charge >= 0.3 is 0 Å². The van der Waals surface area contributed by atoms with Crippen LogP contribution in [0.5, 0.6) is 0 Å². The molecule has 1 aromatic heterocycles. The van der Waals surface area contributed by atoms with Crippen molar-refractivity contribution in [2.75, 3.05) is 0 Å². The van der Waals surface area contributed by atoms with Crippen LogP contribution in [-0.2, 0) is 0 Å². The van der Waals surface area contributed by atoms with Crippen LogP contribution in [0.1, 0.15) is 34.3 Å². The molecule has 0 amide bonds. The number of nitrogens with two attached hydrogens (primary N) is 1. The molecule has 3 heteroatoms. The smallest absolute Gasteiger partial charge is 0.0962 e. The molecular weight excluding hydrogens is 168 g/mol. The average molecular weight is 182 g/mol. The first-order valence-corrected chi connectivity index (χ1v) is 5.18. The van der Waals surface area contributed by atoms with Gasteiger partial charge in [0.25, 0.3) is 0 Å². The Balaban J connectivity index is 2.14. The largest absolute Gasteiger partial charge is 0.328 e. The van der Waals surface area contributed by atoms with Gasteiger partial charge in [-0.15, -0.1) is 11.3 Å². The molecule has 12 heavy (non-hydrogen) atoms. The number of hydrogen-bond acceptors (Lipinski definition) is 3. The third-order valence-corrected chi connectivity index (χ3v) is 3.80. The van der Waals surface area contributed by atoms with E-state index in [0.29, 0.717) is 12.0 Å². The van der Waals surface area contributed by atoms with E-state index in [1.807, 2.05) is 11.3 Å². The van der Waals surface area contributed by atoms with E-state index in [9.17, 15) is 0 Å². The molecule has 0 aromatic carbocycles. The molecule has 2 nitrogen and oxygen atoms in total. The highest BCUT2D eigenvalue weighted by Gasteiger charge is 2.29. The van der Waals surface area contributed by atoms with E-state index in [1.165, 1.54) is 15.6 Å². The van der Waals surface area contributed by atoms with Crippen LogP contribution in [-0.4, -0.2) is 11.0 Å². The molecule has 1 saturated carbocycles. The number of thiazole rings is 1. The van der Waals surface area contributed by atoms with E-state index in [1.54, 1.807) is 0 Å². The van der Waals surface area contributed by atoms with E-state index in [2.05, 4.69) is 18.8 Å². The Bertz CT molecular complexity index is 267. The van der Waals surface area contributed by atoms with Crippen LogP contribution < -0.4 is 5.73 Å². The summed E-state index contributed by atoms with van der Waals surface area (Å²) >= 11 is 1.83. The molecule has 0 aliphatic heterocycles. The lowest BCUT2D eigenvalue weighted by Gasteiger charge is -2.30. The molecule has 2 rings (SSSR count). The topological polar surface area (TPSA) is 38.9 Å². The van der Waals surface area contributed by atoms with Crippen LogP contribution >= 0.6 is 11.3 Å². The van der Waals surface area contributed by atoms with E-state index in [-0.39, 0.29) is 0 Å². The molecule has 66 valence electrons.